The Balaban J connectivity index is 1.80. The summed E-state index contributed by atoms with van der Waals surface area (Å²) in [5.74, 6) is -2.33. The topological polar surface area (TPSA) is 100 Å². The molecule has 1 fully saturated rings. The van der Waals surface area contributed by atoms with E-state index in [0.29, 0.717) is 48.2 Å². The van der Waals surface area contributed by atoms with Crippen molar-refractivity contribution in [3.63, 3.8) is 0 Å². The number of carbonyl (C=O) groups is 3. The molecule has 0 saturated heterocycles. The van der Waals surface area contributed by atoms with Crippen LogP contribution in [0.25, 0.3) is 0 Å². The number of nitrogens with one attached hydrogen (secondary N) is 2. The zero-order valence-corrected chi connectivity index (χ0v) is 19.2. The number of halogens is 2. The molecule has 166 valence electrons. The van der Waals surface area contributed by atoms with Crippen LogP contribution in [0.3, 0.4) is 0 Å². The summed E-state index contributed by atoms with van der Waals surface area (Å²) in [5.41, 5.74) is 1.77. The molecule has 1 aliphatic rings. The van der Waals surface area contributed by atoms with Gasteiger partial charge in [-0.05, 0) is 79.2 Å². The fourth-order valence-corrected chi connectivity index (χ4v) is 4.36. The summed E-state index contributed by atoms with van der Waals surface area (Å²) in [7, 11) is 1.63. The van der Waals surface area contributed by atoms with E-state index in [1.54, 1.807) is 20.9 Å². The number of rotatable bonds is 5. The van der Waals surface area contributed by atoms with Crippen LogP contribution in [0, 0.1) is 19.7 Å². The minimum absolute atomic E-state index is 0.149. The van der Waals surface area contributed by atoms with Gasteiger partial charge in [0.05, 0.1) is 21.8 Å². The molecule has 0 radical (unpaired) electrons. The molecule has 1 heterocycles. The molecule has 0 unspecified atom stereocenters. The van der Waals surface area contributed by atoms with E-state index in [9.17, 15) is 23.9 Å². The van der Waals surface area contributed by atoms with E-state index in [4.69, 9.17) is 0 Å². The summed E-state index contributed by atoms with van der Waals surface area (Å²) in [6, 6.07) is 3.96. The van der Waals surface area contributed by atoms with Gasteiger partial charge in [0.2, 0.25) is 0 Å². The molecule has 9 heteroatoms. The molecule has 0 atom stereocenters. The minimum Gasteiger partial charge on any atom is -0.393 e. The number of hydrogen-bond donors (Lipinski definition) is 3. The van der Waals surface area contributed by atoms with Crippen LogP contribution >= 0.6 is 15.9 Å². The Hall–Kier alpha value is -2.52. The predicted molar refractivity (Wildman–Crippen MR) is 118 cm³/mol. The average Bonchev–Trinajstić information content (AvgIpc) is 2.94. The van der Waals surface area contributed by atoms with Gasteiger partial charge >= 0.3 is 0 Å². The third-order valence-electron chi connectivity index (χ3n) is 5.79. The molecule has 3 rings (SSSR count). The van der Waals surface area contributed by atoms with Crippen LogP contribution in [0.4, 0.5) is 10.1 Å². The number of aliphatic hydroxyl groups is 1. The molecule has 3 N–H and O–H groups in total. The second-order valence-corrected chi connectivity index (χ2v) is 8.74. The summed E-state index contributed by atoms with van der Waals surface area (Å²) in [6.07, 6.45) is 2.05. The van der Waals surface area contributed by atoms with Crippen molar-refractivity contribution in [3.8, 4) is 0 Å². The highest BCUT2D eigenvalue weighted by Crippen LogP contribution is 2.25. The molecular weight excluding hydrogens is 469 g/mol. The molecule has 2 amide bonds. The summed E-state index contributed by atoms with van der Waals surface area (Å²) in [6.45, 7) is 3.32. The standard InChI is InChI=1S/C22H25BrFN3O4/c1-11-18(21(30)26-14-6-9-17(24)16(23)10-14)12(2)27(3)19(11)20(29)22(31)25-13-4-7-15(28)8-5-13/h6,9-10,13,15,28H,4-5,7-8H2,1-3H3,(H,25,31)(H,26,30). The monoisotopic (exact) mass is 493 g/mol. The van der Waals surface area contributed by atoms with Crippen LogP contribution in [0.15, 0.2) is 22.7 Å². The lowest BCUT2D eigenvalue weighted by Gasteiger charge is -2.25. The van der Waals surface area contributed by atoms with E-state index >= 15 is 0 Å². The van der Waals surface area contributed by atoms with Gasteiger partial charge in [0.1, 0.15) is 5.82 Å². The van der Waals surface area contributed by atoms with Crippen molar-refractivity contribution in [2.24, 2.45) is 7.05 Å². The van der Waals surface area contributed by atoms with Gasteiger partial charge in [-0.15, -0.1) is 0 Å². The maximum atomic E-state index is 13.4. The molecule has 1 aromatic carbocycles. The van der Waals surface area contributed by atoms with Crippen molar-refractivity contribution in [1.29, 1.82) is 0 Å². The Labute approximate surface area is 188 Å². The number of carbonyl (C=O) groups excluding carboxylic acids is 3. The minimum atomic E-state index is -0.723. The SMILES string of the molecule is Cc1c(C(=O)Nc2ccc(F)c(Br)c2)c(C)n(C)c1C(=O)C(=O)NC1CCC(O)CC1. The zero-order valence-electron chi connectivity index (χ0n) is 17.6. The predicted octanol–water partition coefficient (Wildman–Crippen LogP) is 3.40. The van der Waals surface area contributed by atoms with Crippen molar-refractivity contribution in [2.75, 3.05) is 5.32 Å². The maximum absolute atomic E-state index is 13.4. The van der Waals surface area contributed by atoms with Crippen molar-refractivity contribution in [2.45, 2.75) is 51.7 Å². The molecule has 2 aromatic rings. The number of aliphatic hydroxyl groups excluding tert-OH is 1. The van der Waals surface area contributed by atoms with Gasteiger partial charge in [-0.25, -0.2) is 4.39 Å². The lowest BCUT2D eigenvalue weighted by molar-refractivity contribution is -0.118. The van der Waals surface area contributed by atoms with Crippen molar-refractivity contribution < 1.29 is 23.9 Å². The maximum Gasteiger partial charge on any atom is 0.294 e. The normalized spacial score (nSPS) is 18.5. The number of ketones is 1. The van der Waals surface area contributed by atoms with Crippen LogP contribution < -0.4 is 10.6 Å². The van der Waals surface area contributed by atoms with Crippen LogP contribution in [-0.4, -0.2) is 39.4 Å². The highest BCUT2D eigenvalue weighted by atomic mass is 79.9. The number of amides is 2. The summed E-state index contributed by atoms with van der Waals surface area (Å²) >= 11 is 3.08. The number of nitrogens with zero attached hydrogens (tertiary/aromatic N) is 1. The van der Waals surface area contributed by atoms with Gasteiger partial charge < -0.3 is 20.3 Å². The van der Waals surface area contributed by atoms with E-state index in [-0.39, 0.29) is 22.3 Å². The third kappa shape index (κ3) is 4.88. The fraction of sp³-hybridized carbons (Fsp3) is 0.409. The summed E-state index contributed by atoms with van der Waals surface area (Å²) in [5, 5.41) is 15.0. The van der Waals surface area contributed by atoms with E-state index in [2.05, 4.69) is 26.6 Å². The molecule has 0 spiro atoms. The van der Waals surface area contributed by atoms with Crippen LogP contribution in [-0.2, 0) is 11.8 Å². The molecule has 1 saturated carbocycles. The number of aromatic nitrogens is 1. The number of Topliss-reactive ketones (excluding diaryl/α,β-unsaturated/α-hetero) is 1. The molecular formula is C22H25BrFN3O4. The smallest absolute Gasteiger partial charge is 0.294 e. The van der Waals surface area contributed by atoms with Crippen LogP contribution in [0.5, 0.6) is 0 Å². The second-order valence-electron chi connectivity index (χ2n) is 7.88. The summed E-state index contributed by atoms with van der Waals surface area (Å²) in [4.78, 5) is 38.4. The molecule has 7 nitrogen and oxygen atoms in total. The lowest BCUT2D eigenvalue weighted by Crippen LogP contribution is -2.42. The van der Waals surface area contributed by atoms with Gasteiger partial charge in [-0.1, -0.05) is 0 Å². The molecule has 1 aliphatic carbocycles. The molecule has 0 bridgehead atoms. The Kier molecular flexibility index (Phi) is 6.96. The van der Waals surface area contributed by atoms with Crippen molar-refractivity contribution in [3.05, 3.63) is 51.0 Å². The molecule has 0 aliphatic heterocycles. The highest BCUT2D eigenvalue weighted by Gasteiger charge is 2.30. The highest BCUT2D eigenvalue weighted by molar-refractivity contribution is 9.10. The zero-order chi connectivity index (χ0) is 22.9. The van der Waals surface area contributed by atoms with Gasteiger partial charge in [-0.3, -0.25) is 14.4 Å². The fourth-order valence-electron chi connectivity index (χ4n) is 3.98. The Morgan fingerprint density at radius 2 is 1.81 bits per heavy atom. The van der Waals surface area contributed by atoms with Gasteiger partial charge in [0.25, 0.3) is 17.6 Å². The molecule has 1 aromatic heterocycles. The van der Waals surface area contributed by atoms with Gasteiger partial charge in [0.15, 0.2) is 0 Å². The lowest BCUT2D eigenvalue weighted by atomic mass is 9.93. The van der Waals surface area contributed by atoms with Crippen molar-refractivity contribution in [1.82, 2.24) is 9.88 Å². The number of anilines is 1. The Morgan fingerprint density at radius 3 is 2.42 bits per heavy atom. The van der Waals surface area contributed by atoms with E-state index in [0.717, 1.165) is 0 Å². The largest absolute Gasteiger partial charge is 0.393 e. The first-order valence-electron chi connectivity index (χ1n) is 10.1. The first kappa shape index (κ1) is 23.1. The van der Waals surface area contributed by atoms with Crippen LogP contribution in [0.1, 0.15) is 57.8 Å². The van der Waals surface area contributed by atoms with E-state index in [1.807, 2.05) is 0 Å². The third-order valence-corrected chi connectivity index (χ3v) is 6.40. The first-order valence-corrected chi connectivity index (χ1v) is 10.8. The quantitative estimate of drug-likeness (QED) is 0.438. The Morgan fingerprint density at radius 1 is 1.16 bits per heavy atom. The number of benzene rings is 1. The average molecular weight is 494 g/mol. The van der Waals surface area contributed by atoms with Crippen molar-refractivity contribution >= 4 is 39.2 Å². The van der Waals surface area contributed by atoms with Crippen LogP contribution in [0.2, 0.25) is 0 Å². The second kappa shape index (κ2) is 9.32. The number of hydrogen-bond acceptors (Lipinski definition) is 4. The Bertz CT molecular complexity index is 1040. The van der Waals surface area contributed by atoms with Gasteiger partial charge in [-0.2, -0.15) is 0 Å². The molecule has 31 heavy (non-hydrogen) atoms. The van der Waals surface area contributed by atoms with E-state index in [1.165, 1.54) is 22.8 Å². The van der Waals surface area contributed by atoms with Gasteiger partial charge in [0, 0.05) is 24.5 Å². The summed E-state index contributed by atoms with van der Waals surface area (Å²) < 4.78 is 15.2. The van der Waals surface area contributed by atoms with E-state index < -0.39 is 23.4 Å². The first-order chi connectivity index (χ1) is 14.6.